The molecule has 0 N–H and O–H groups in total. The Hall–Kier alpha value is -3.80. The Bertz CT molecular complexity index is 1060. The number of hydrogen-bond donors (Lipinski definition) is 0. The lowest BCUT2D eigenvalue weighted by Crippen LogP contribution is -2.35. The summed E-state index contributed by atoms with van der Waals surface area (Å²) in [6.07, 6.45) is 1.93. The number of carbonyl (C=O) groups excluding carboxylic acids is 3. The molecule has 2 aromatic carbocycles. The van der Waals surface area contributed by atoms with E-state index in [0.717, 1.165) is 11.1 Å². The first-order valence-electron chi connectivity index (χ1n) is 9.21. The average molecular weight is 386 g/mol. The Labute approximate surface area is 167 Å². The lowest BCUT2D eigenvalue weighted by atomic mass is 9.93. The van der Waals surface area contributed by atoms with E-state index in [4.69, 9.17) is 4.84 Å². The van der Waals surface area contributed by atoms with Crippen LogP contribution in [0.3, 0.4) is 0 Å². The van der Waals surface area contributed by atoms with Crippen molar-refractivity contribution in [2.24, 2.45) is 0 Å². The minimum atomic E-state index is -0.762. The zero-order valence-electron chi connectivity index (χ0n) is 15.7. The second-order valence-electron chi connectivity index (χ2n) is 6.80. The van der Waals surface area contributed by atoms with Crippen LogP contribution in [0.5, 0.6) is 0 Å². The summed E-state index contributed by atoms with van der Waals surface area (Å²) in [7, 11) is 0. The van der Waals surface area contributed by atoms with Gasteiger partial charge in [0.25, 0.3) is 11.8 Å². The van der Waals surface area contributed by atoms with Crippen molar-refractivity contribution in [3.8, 4) is 0 Å². The average Bonchev–Trinajstić information content (AvgIpc) is 2.99. The first kappa shape index (κ1) is 18.6. The Morgan fingerprint density at radius 3 is 2.17 bits per heavy atom. The fourth-order valence-electron chi connectivity index (χ4n) is 3.35. The number of nitrogens with zero attached hydrogens (tertiary/aromatic N) is 2. The number of amides is 2. The predicted octanol–water partition coefficient (Wildman–Crippen LogP) is 3.47. The van der Waals surface area contributed by atoms with Crippen LogP contribution in [0.15, 0.2) is 72.9 Å². The van der Waals surface area contributed by atoms with Gasteiger partial charge in [-0.15, -0.1) is 0 Å². The van der Waals surface area contributed by atoms with Crippen molar-refractivity contribution in [2.75, 3.05) is 0 Å². The molecule has 0 spiro atoms. The molecule has 4 rings (SSSR count). The van der Waals surface area contributed by atoms with Crippen molar-refractivity contribution in [1.29, 1.82) is 0 Å². The van der Waals surface area contributed by atoms with Gasteiger partial charge < -0.3 is 4.84 Å². The molecule has 0 saturated heterocycles. The number of imide groups is 1. The summed E-state index contributed by atoms with van der Waals surface area (Å²) in [4.78, 5) is 47.7. The molecule has 1 aromatic heterocycles. The van der Waals surface area contributed by atoms with E-state index in [0.29, 0.717) is 17.2 Å². The van der Waals surface area contributed by atoms with Crippen molar-refractivity contribution >= 4 is 17.8 Å². The van der Waals surface area contributed by atoms with Gasteiger partial charge in [0.1, 0.15) is 5.92 Å². The van der Waals surface area contributed by atoms with Gasteiger partial charge in [-0.3, -0.25) is 14.6 Å². The molecule has 1 unspecified atom stereocenters. The summed E-state index contributed by atoms with van der Waals surface area (Å²) in [5, 5.41) is 0.542. The predicted molar refractivity (Wildman–Crippen MR) is 105 cm³/mol. The minimum absolute atomic E-state index is 0.221. The number of hydrogen-bond acceptors (Lipinski definition) is 5. The summed E-state index contributed by atoms with van der Waals surface area (Å²) in [5.74, 6) is -2.76. The van der Waals surface area contributed by atoms with Crippen LogP contribution in [0.1, 0.15) is 43.5 Å². The third kappa shape index (κ3) is 3.52. The lowest BCUT2D eigenvalue weighted by Gasteiger charge is -2.19. The van der Waals surface area contributed by atoms with Crippen molar-refractivity contribution < 1.29 is 19.2 Å². The molecule has 0 aliphatic carbocycles. The van der Waals surface area contributed by atoms with Gasteiger partial charge in [-0.2, -0.15) is 0 Å². The highest BCUT2D eigenvalue weighted by Gasteiger charge is 2.40. The van der Waals surface area contributed by atoms with E-state index in [9.17, 15) is 14.4 Å². The standard InChI is InChI=1S/C23H18N2O4/c1-15-8-2-3-9-16(15)14-19(20-12-6-7-13-24-20)23(28)29-25-21(26)17-10-4-5-11-18(17)22(25)27/h2-13,19H,14H2,1H3. The van der Waals surface area contributed by atoms with Gasteiger partial charge in [-0.1, -0.05) is 47.5 Å². The van der Waals surface area contributed by atoms with E-state index in [1.165, 1.54) is 12.1 Å². The second kappa shape index (κ2) is 7.67. The fraction of sp³-hybridized carbons (Fsp3) is 0.130. The van der Waals surface area contributed by atoms with Crippen molar-refractivity contribution in [2.45, 2.75) is 19.3 Å². The highest BCUT2D eigenvalue weighted by molar-refractivity contribution is 6.20. The molecular formula is C23H18N2O4. The first-order chi connectivity index (χ1) is 14.1. The van der Waals surface area contributed by atoms with E-state index in [1.54, 1.807) is 36.5 Å². The molecule has 1 atom stereocenters. The van der Waals surface area contributed by atoms with Gasteiger partial charge >= 0.3 is 5.97 Å². The summed E-state index contributed by atoms with van der Waals surface area (Å²) in [6, 6.07) is 19.4. The maximum Gasteiger partial charge on any atom is 0.342 e. The van der Waals surface area contributed by atoms with Crippen molar-refractivity contribution in [3.63, 3.8) is 0 Å². The number of benzene rings is 2. The molecular weight excluding hydrogens is 368 g/mol. The van der Waals surface area contributed by atoms with E-state index in [-0.39, 0.29) is 11.1 Å². The number of carbonyl (C=O) groups is 3. The van der Waals surface area contributed by atoms with E-state index >= 15 is 0 Å². The summed E-state index contributed by atoms with van der Waals surface area (Å²) in [6.45, 7) is 1.96. The van der Waals surface area contributed by atoms with Crippen molar-refractivity contribution in [3.05, 3.63) is 101 Å². The lowest BCUT2D eigenvalue weighted by molar-refractivity contribution is -0.170. The molecule has 29 heavy (non-hydrogen) atoms. The van der Waals surface area contributed by atoms with Gasteiger partial charge in [-0.05, 0) is 48.7 Å². The number of aryl methyl sites for hydroxylation is 1. The monoisotopic (exact) mass is 386 g/mol. The normalized spacial score (nSPS) is 13.9. The van der Waals surface area contributed by atoms with Gasteiger partial charge in [0, 0.05) is 6.20 Å². The first-order valence-corrected chi connectivity index (χ1v) is 9.21. The van der Waals surface area contributed by atoms with Crippen LogP contribution in [-0.4, -0.2) is 27.8 Å². The topological polar surface area (TPSA) is 76.6 Å². The maximum atomic E-state index is 13.0. The van der Waals surface area contributed by atoms with E-state index in [1.807, 2.05) is 31.2 Å². The molecule has 0 fully saturated rings. The van der Waals surface area contributed by atoms with Crippen LogP contribution in [0.2, 0.25) is 0 Å². The van der Waals surface area contributed by atoms with Crippen LogP contribution in [0.4, 0.5) is 0 Å². The molecule has 6 heteroatoms. The number of pyridine rings is 1. The van der Waals surface area contributed by atoms with Gasteiger partial charge in [0.15, 0.2) is 0 Å². The Morgan fingerprint density at radius 1 is 0.931 bits per heavy atom. The van der Waals surface area contributed by atoms with Crippen LogP contribution < -0.4 is 0 Å². The zero-order valence-corrected chi connectivity index (χ0v) is 15.7. The van der Waals surface area contributed by atoms with Gasteiger partial charge in [0.2, 0.25) is 0 Å². The highest BCUT2D eigenvalue weighted by atomic mass is 16.7. The quantitative estimate of drug-likeness (QED) is 0.628. The van der Waals surface area contributed by atoms with Crippen LogP contribution >= 0.6 is 0 Å². The Morgan fingerprint density at radius 2 is 1.55 bits per heavy atom. The molecule has 3 aromatic rings. The largest absolute Gasteiger partial charge is 0.342 e. The fourth-order valence-corrected chi connectivity index (χ4v) is 3.35. The SMILES string of the molecule is Cc1ccccc1CC(C(=O)ON1C(=O)c2ccccc2C1=O)c1ccccn1. The smallest absolute Gasteiger partial charge is 0.329 e. The van der Waals surface area contributed by atoms with Crippen molar-refractivity contribution in [1.82, 2.24) is 10.0 Å². The Balaban J connectivity index is 1.62. The summed E-state index contributed by atoms with van der Waals surface area (Å²) < 4.78 is 0. The third-order valence-electron chi connectivity index (χ3n) is 4.95. The number of aromatic nitrogens is 1. The molecule has 0 bridgehead atoms. The summed E-state index contributed by atoms with van der Waals surface area (Å²) in [5.41, 5.74) is 2.94. The number of rotatable bonds is 5. The Kier molecular flexibility index (Phi) is 4.91. The third-order valence-corrected chi connectivity index (χ3v) is 4.95. The minimum Gasteiger partial charge on any atom is -0.329 e. The molecule has 2 heterocycles. The van der Waals surface area contributed by atoms with E-state index in [2.05, 4.69) is 4.98 Å². The van der Waals surface area contributed by atoms with Gasteiger partial charge in [0.05, 0.1) is 16.8 Å². The molecule has 1 aliphatic rings. The molecule has 0 radical (unpaired) electrons. The van der Waals surface area contributed by atoms with E-state index < -0.39 is 23.7 Å². The molecule has 2 amide bonds. The van der Waals surface area contributed by atoms with Gasteiger partial charge in [-0.25, -0.2) is 4.79 Å². The molecule has 144 valence electrons. The zero-order chi connectivity index (χ0) is 20.4. The molecule has 1 aliphatic heterocycles. The van der Waals surface area contributed by atoms with Crippen LogP contribution in [0, 0.1) is 6.92 Å². The highest BCUT2D eigenvalue weighted by Crippen LogP contribution is 2.27. The van der Waals surface area contributed by atoms with Crippen LogP contribution in [-0.2, 0) is 16.1 Å². The number of fused-ring (bicyclic) bond motifs is 1. The number of hydroxylamine groups is 2. The second-order valence-corrected chi connectivity index (χ2v) is 6.80. The van der Waals surface area contributed by atoms with Crippen LogP contribution in [0.25, 0.3) is 0 Å². The molecule has 6 nitrogen and oxygen atoms in total. The molecule has 0 saturated carbocycles. The maximum absolute atomic E-state index is 13.0. The summed E-state index contributed by atoms with van der Waals surface area (Å²) >= 11 is 0.